The Bertz CT molecular complexity index is 836. The van der Waals surface area contributed by atoms with Gasteiger partial charge in [0, 0.05) is 6.42 Å². The molecule has 0 radical (unpaired) electrons. The van der Waals surface area contributed by atoms with Crippen molar-refractivity contribution in [3.05, 3.63) is 102 Å². The highest BCUT2D eigenvalue weighted by molar-refractivity contribution is 5.78. The molecule has 1 N–H and O–H groups in total. The fraction of sp³-hybridized carbons (Fsp3) is 0.208. The van der Waals surface area contributed by atoms with Gasteiger partial charge in [0.1, 0.15) is 5.75 Å². The van der Waals surface area contributed by atoms with E-state index in [2.05, 4.69) is 12.2 Å². The van der Waals surface area contributed by atoms with Gasteiger partial charge in [0.2, 0.25) is 5.91 Å². The quantitative estimate of drug-likeness (QED) is 0.663. The lowest BCUT2D eigenvalue weighted by molar-refractivity contribution is -0.122. The van der Waals surface area contributed by atoms with Crippen LogP contribution in [0, 0.1) is 0 Å². The van der Waals surface area contributed by atoms with Gasteiger partial charge in [0.15, 0.2) is 0 Å². The zero-order valence-electron chi connectivity index (χ0n) is 15.8. The number of carbonyl (C=O) groups is 1. The molecule has 0 bridgehead atoms. The van der Waals surface area contributed by atoms with E-state index in [4.69, 9.17) is 4.74 Å². The largest absolute Gasteiger partial charge is 0.496 e. The highest BCUT2D eigenvalue weighted by atomic mass is 16.5. The van der Waals surface area contributed by atoms with Gasteiger partial charge in [-0.25, -0.2) is 0 Å². The molecule has 3 aromatic carbocycles. The number of hydrogen-bond donors (Lipinski definition) is 1. The van der Waals surface area contributed by atoms with Gasteiger partial charge in [-0.2, -0.15) is 0 Å². The maximum atomic E-state index is 12.8. The van der Waals surface area contributed by atoms with Gasteiger partial charge < -0.3 is 10.1 Å². The average molecular weight is 359 g/mol. The predicted molar refractivity (Wildman–Crippen MR) is 109 cm³/mol. The number of nitrogens with one attached hydrogen (secondary N) is 1. The number of rotatable bonds is 7. The molecule has 0 spiro atoms. The Kier molecular flexibility index (Phi) is 5.92. The van der Waals surface area contributed by atoms with E-state index >= 15 is 0 Å². The van der Waals surface area contributed by atoms with Crippen LogP contribution in [-0.4, -0.2) is 13.0 Å². The molecule has 0 aliphatic rings. The number of hydrogen-bond acceptors (Lipinski definition) is 2. The van der Waals surface area contributed by atoms with Crippen LogP contribution in [0.3, 0.4) is 0 Å². The van der Waals surface area contributed by atoms with Crippen molar-refractivity contribution in [1.82, 2.24) is 5.32 Å². The SMILES string of the molecule is COc1ccccc1CCC(=O)NC(C)(c1ccccc1)c1ccccc1. The van der Waals surface area contributed by atoms with E-state index in [0.717, 1.165) is 22.4 Å². The van der Waals surface area contributed by atoms with Gasteiger partial charge in [0.25, 0.3) is 0 Å². The molecule has 1 amide bonds. The number of aryl methyl sites for hydroxylation is 1. The molecule has 3 aromatic rings. The predicted octanol–water partition coefficient (Wildman–Crippen LogP) is 4.71. The molecule has 0 fully saturated rings. The molecule has 138 valence electrons. The minimum atomic E-state index is -0.583. The highest BCUT2D eigenvalue weighted by Gasteiger charge is 2.30. The first kappa shape index (κ1) is 18.7. The normalized spacial score (nSPS) is 11.0. The summed E-state index contributed by atoms with van der Waals surface area (Å²) in [5.41, 5.74) is 2.57. The lowest BCUT2D eigenvalue weighted by Gasteiger charge is -2.32. The first-order valence-corrected chi connectivity index (χ1v) is 9.17. The van der Waals surface area contributed by atoms with Crippen molar-refractivity contribution in [2.24, 2.45) is 0 Å². The molecule has 0 unspecified atom stereocenters. The Hall–Kier alpha value is -3.07. The zero-order chi connectivity index (χ0) is 19.1. The lowest BCUT2D eigenvalue weighted by Crippen LogP contribution is -2.44. The van der Waals surface area contributed by atoms with Crippen LogP contribution in [0.25, 0.3) is 0 Å². The van der Waals surface area contributed by atoms with Crippen LogP contribution < -0.4 is 10.1 Å². The molecule has 0 atom stereocenters. The zero-order valence-corrected chi connectivity index (χ0v) is 15.8. The minimum absolute atomic E-state index is 0.0103. The van der Waals surface area contributed by atoms with E-state index in [1.54, 1.807) is 7.11 Å². The third-order valence-electron chi connectivity index (χ3n) is 4.91. The van der Waals surface area contributed by atoms with Crippen LogP contribution in [0.2, 0.25) is 0 Å². The molecule has 0 heterocycles. The van der Waals surface area contributed by atoms with Crippen molar-refractivity contribution in [2.45, 2.75) is 25.3 Å². The molecule has 0 saturated carbocycles. The Morgan fingerprint density at radius 3 is 1.93 bits per heavy atom. The number of amides is 1. The smallest absolute Gasteiger partial charge is 0.221 e. The van der Waals surface area contributed by atoms with Gasteiger partial charge in [-0.15, -0.1) is 0 Å². The van der Waals surface area contributed by atoms with Crippen molar-refractivity contribution in [3.63, 3.8) is 0 Å². The highest BCUT2D eigenvalue weighted by Crippen LogP contribution is 2.29. The van der Waals surface area contributed by atoms with Crippen LogP contribution in [-0.2, 0) is 16.8 Å². The summed E-state index contributed by atoms with van der Waals surface area (Å²) in [7, 11) is 1.65. The summed E-state index contributed by atoms with van der Waals surface area (Å²) < 4.78 is 5.39. The Morgan fingerprint density at radius 1 is 0.852 bits per heavy atom. The molecular weight excluding hydrogens is 334 g/mol. The first-order chi connectivity index (χ1) is 13.1. The molecule has 3 rings (SSSR count). The maximum absolute atomic E-state index is 12.8. The molecule has 0 aromatic heterocycles. The summed E-state index contributed by atoms with van der Waals surface area (Å²) in [6, 6.07) is 28.0. The number of methoxy groups -OCH3 is 1. The van der Waals surface area contributed by atoms with Crippen molar-refractivity contribution < 1.29 is 9.53 Å². The number of carbonyl (C=O) groups excluding carboxylic acids is 1. The van der Waals surface area contributed by atoms with Crippen LogP contribution in [0.15, 0.2) is 84.9 Å². The number of ether oxygens (including phenoxy) is 1. The molecule has 3 nitrogen and oxygen atoms in total. The van der Waals surface area contributed by atoms with Crippen LogP contribution >= 0.6 is 0 Å². The summed E-state index contributed by atoms with van der Waals surface area (Å²) in [6.45, 7) is 2.05. The van der Waals surface area contributed by atoms with Crippen LogP contribution in [0.4, 0.5) is 0 Å². The van der Waals surface area contributed by atoms with Crippen molar-refractivity contribution >= 4 is 5.91 Å². The topological polar surface area (TPSA) is 38.3 Å². The van der Waals surface area contributed by atoms with Crippen LogP contribution in [0.5, 0.6) is 5.75 Å². The van der Waals surface area contributed by atoms with Gasteiger partial charge >= 0.3 is 0 Å². The van der Waals surface area contributed by atoms with E-state index in [-0.39, 0.29) is 5.91 Å². The number of benzene rings is 3. The standard InChI is InChI=1S/C24H25NO2/c1-24(20-12-5-3-6-13-20,21-14-7-4-8-15-21)25-23(26)18-17-19-11-9-10-16-22(19)27-2/h3-16H,17-18H2,1-2H3,(H,25,26). The van der Waals surface area contributed by atoms with E-state index in [1.165, 1.54) is 0 Å². The molecular formula is C24H25NO2. The molecule has 0 aliphatic carbocycles. The lowest BCUT2D eigenvalue weighted by atomic mass is 9.84. The van der Waals surface area contributed by atoms with E-state index in [1.807, 2.05) is 84.9 Å². The molecule has 27 heavy (non-hydrogen) atoms. The number of para-hydroxylation sites is 1. The molecule has 0 saturated heterocycles. The summed E-state index contributed by atoms with van der Waals surface area (Å²) in [6.07, 6.45) is 1.03. The second-order valence-corrected chi connectivity index (χ2v) is 6.72. The van der Waals surface area contributed by atoms with E-state index < -0.39 is 5.54 Å². The second-order valence-electron chi connectivity index (χ2n) is 6.72. The third-order valence-corrected chi connectivity index (χ3v) is 4.91. The fourth-order valence-corrected chi connectivity index (χ4v) is 3.35. The first-order valence-electron chi connectivity index (χ1n) is 9.17. The Labute approximate surface area is 161 Å². The van der Waals surface area contributed by atoms with Gasteiger partial charge in [0.05, 0.1) is 12.6 Å². The molecule has 3 heteroatoms. The minimum Gasteiger partial charge on any atom is -0.496 e. The Balaban J connectivity index is 1.79. The summed E-state index contributed by atoms with van der Waals surface area (Å²) >= 11 is 0. The van der Waals surface area contributed by atoms with E-state index in [0.29, 0.717) is 12.8 Å². The van der Waals surface area contributed by atoms with Crippen molar-refractivity contribution in [3.8, 4) is 5.75 Å². The average Bonchev–Trinajstić information content (AvgIpc) is 2.73. The van der Waals surface area contributed by atoms with Crippen molar-refractivity contribution in [1.29, 1.82) is 0 Å². The van der Waals surface area contributed by atoms with Gasteiger partial charge in [-0.05, 0) is 36.1 Å². The summed E-state index contributed by atoms with van der Waals surface area (Å²) in [5, 5.41) is 3.25. The third kappa shape index (κ3) is 4.37. The second kappa shape index (κ2) is 8.54. The van der Waals surface area contributed by atoms with Crippen molar-refractivity contribution in [2.75, 3.05) is 7.11 Å². The maximum Gasteiger partial charge on any atom is 0.221 e. The van der Waals surface area contributed by atoms with Gasteiger partial charge in [-0.3, -0.25) is 4.79 Å². The van der Waals surface area contributed by atoms with Gasteiger partial charge in [-0.1, -0.05) is 78.9 Å². The molecule has 0 aliphatic heterocycles. The van der Waals surface area contributed by atoms with E-state index in [9.17, 15) is 4.79 Å². The van der Waals surface area contributed by atoms with Crippen LogP contribution in [0.1, 0.15) is 30.0 Å². The fourth-order valence-electron chi connectivity index (χ4n) is 3.35. The summed E-state index contributed by atoms with van der Waals surface area (Å²) in [4.78, 5) is 12.8. The summed E-state index contributed by atoms with van der Waals surface area (Å²) in [5.74, 6) is 0.829. The monoisotopic (exact) mass is 359 g/mol. The Morgan fingerprint density at radius 2 is 1.37 bits per heavy atom.